The van der Waals surface area contributed by atoms with Crippen molar-refractivity contribution in [1.82, 2.24) is 4.90 Å². The zero-order valence-electron chi connectivity index (χ0n) is 13.3. The van der Waals surface area contributed by atoms with Crippen LogP contribution in [0.1, 0.15) is 16.1 Å². The fraction of sp³-hybridized carbons (Fsp3) is 0.158. The van der Waals surface area contributed by atoms with Gasteiger partial charge in [-0.25, -0.2) is 0 Å². The minimum atomic E-state index is -0.129. The average molecular weight is 415 g/mol. The highest BCUT2D eigenvalue weighted by atomic mass is 79.9. The molecule has 0 N–H and O–H groups in total. The van der Waals surface area contributed by atoms with Gasteiger partial charge < -0.3 is 4.42 Å². The number of benzene rings is 2. The highest BCUT2D eigenvalue weighted by molar-refractivity contribution is 9.10. The lowest BCUT2D eigenvalue weighted by Crippen LogP contribution is -2.32. The standard InChI is InChI=1S/C19H15BrN2O2S/c20-15-7-5-13(6-8-15)12-25-19-21-9-10-22(19)18(23)17-11-14-3-1-2-4-16(14)24-17/h1-8,11H,9-10,12H2. The van der Waals surface area contributed by atoms with Gasteiger partial charge in [0.2, 0.25) is 0 Å². The highest BCUT2D eigenvalue weighted by Crippen LogP contribution is 2.25. The smallest absolute Gasteiger partial charge is 0.295 e. The number of fused-ring (bicyclic) bond motifs is 1. The van der Waals surface area contributed by atoms with Crippen molar-refractivity contribution in [2.24, 2.45) is 4.99 Å². The third kappa shape index (κ3) is 3.50. The molecule has 0 fully saturated rings. The molecule has 0 atom stereocenters. The van der Waals surface area contributed by atoms with E-state index in [0.717, 1.165) is 26.4 Å². The number of aliphatic imine (C=N–C) groups is 1. The first-order valence-corrected chi connectivity index (χ1v) is 9.71. The van der Waals surface area contributed by atoms with Crippen molar-refractivity contribution in [3.05, 3.63) is 70.4 Å². The molecule has 2 heterocycles. The summed E-state index contributed by atoms with van der Waals surface area (Å²) in [5, 5.41) is 1.69. The van der Waals surface area contributed by atoms with Crippen LogP contribution in [-0.4, -0.2) is 29.1 Å². The number of furan rings is 1. The van der Waals surface area contributed by atoms with E-state index in [1.54, 1.807) is 22.7 Å². The first kappa shape index (κ1) is 16.4. The maximum absolute atomic E-state index is 12.8. The van der Waals surface area contributed by atoms with Crippen molar-refractivity contribution in [3.63, 3.8) is 0 Å². The molecule has 1 aromatic heterocycles. The van der Waals surface area contributed by atoms with E-state index in [2.05, 4.69) is 33.1 Å². The second-order valence-corrected chi connectivity index (χ2v) is 7.54. The third-order valence-corrected chi connectivity index (χ3v) is 5.58. The minimum Gasteiger partial charge on any atom is -0.451 e. The summed E-state index contributed by atoms with van der Waals surface area (Å²) >= 11 is 5.02. The lowest BCUT2D eigenvalue weighted by atomic mass is 10.2. The molecule has 3 aromatic rings. The van der Waals surface area contributed by atoms with Crippen LogP contribution < -0.4 is 0 Å². The molecule has 1 aliphatic heterocycles. The molecule has 0 saturated carbocycles. The van der Waals surface area contributed by atoms with Crippen LogP contribution in [0.15, 0.2) is 68.5 Å². The Morgan fingerprint density at radius 3 is 2.80 bits per heavy atom. The van der Waals surface area contributed by atoms with Gasteiger partial charge in [0.15, 0.2) is 10.9 Å². The summed E-state index contributed by atoms with van der Waals surface area (Å²) in [6.07, 6.45) is 0. The van der Waals surface area contributed by atoms with Gasteiger partial charge in [-0.2, -0.15) is 0 Å². The van der Waals surface area contributed by atoms with E-state index in [-0.39, 0.29) is 5.91 Å². The zero-order valence-corrected chi connectivity index (χ0v) is 15.7. The number of halogens is 1. The first-order valence-electron chi connectivity index (χ1n) is 7.93. The second-order valence-electron chi connectivity index (χ2n) is 5.68. The quantitative estimate of drug-likeness (QED) is 0.609. The van der Waals surface area contributed by atoms with Crippen LogP contribution in [0.3, 0.4) is 0 Å². The molecule has 0 radical (unpaired) electrons. The summed E-state index contributed by atoms with van der Waals surface area (Å²) < 4.78 is 6.76. The molecular formula is C19H15BrN2O2S. The molecule has 25 heavy (non-hydrogen) atoms. The van der Waals surface area contributed by atoms with Gasteiger partial charge in [0.05, 0.1) is 6.54 Å². The van der Waals surface area contributed by atoms with Gasteiger partial charge in [-0.05, 0) is 29.8 Å². The molecule has 126 valence electrons. The molecule has 0 unspecified atom stereocenters. The Morgan fingerprint density at radius 1 is 1.20 bits per heavy atom. The van der Waals surface area contributed by atoms with Crippen molar-refractivity contribution < 1.29 is 9.21 Å². The van der Waals surface area contributed by atoms with E-state index in [9.17, 15) is 4.79 Å². The number of thioether (sulfide) groups is 1. The van der Waals surface area contributed by atoms with Gasteiger partial charge in [-0.1, -0.05) is 58.0 Å². The van der Waals surface area contributed by atoms with Crippen LogP contribution >= 0.6 is 27.7 Å². The Balaban J connectivity index is 1.48. The van der Waals surface area contributed by atoms with Crippen molar-refractivity contribution in [3.8, 4) is 0 Å². The number of para-hydroxylation sites is 1. The molecule has 0 spiro atoms. The maximum atomic E-state index is 12.8. The zero-order chi connectivity index (χ0) is 17.2. The van der Waals surface area contributed by atoms with Crippen LogP contribution in [0, 0.1) is 0 Å². The number of amidine groups is 1. The van der Waals surface area contributed by atoms with Crippen LogP contribution in [-0.2, 0) is 5.75 Å². The van der Waals surface area contributed by atoms with Gasteiger partial charge in [0, 0.05) is 22.2 Å². The molecule has 1 aliphatic rings. The number of amides is 1. The van der Waals surface area contributed by atoms with Crippen LogP contribution in [0.2, 0.25) is 0 Å². The third-order valence-electron chi connectivity index (χ3n) is 3.96. The van der Waals surface area contributed by atoms with Gasteiger partial charge in [-0.3, -0.25) is 14.7 Å². The summed E-state index contributed by atoms with van der Waals surface area (Å²) in [6, 6.07) is 17.6. The summed E-state index contributed by atoms with van der Waals surface area (Å²) in [6.45, 7) is 1.23. The first-order chi connectivity index (χ1) is 12.2. The van der Waals surface area contributed by atoms with Crippen molar-refractivity contribution in [2.45, 2.75) is 5.75 Å². The van der Waals surface area contributed by atoms with E-state index in [1.165, 1.54) is 5.56 Å². The van der Waals surface area contributed by atoms with Gasteiger partial charge >= 0.3 is 0 Å². The number of hydrogen-bond acceptors (Lipinski definition) is 4. The maximum Gasteiger partial charge on any atom is 0.295 e. The lowest BCUT2D eigenvalue weighted by molar-refractivity contribution is 0.0833. The van der Waals surface area contributed by atoms with Gasteiger partial charge in [0.25, 0.3) is 5.91 Å². The summed E-state index contributed by atoms with van der Waals surface area (Å²) in [7, 11) is 0. The number of rotatable bonds is 3. The Labute approximate surface area is 158 Å². The van der Waals surface area contributed by atoms with Crippen molar-refractivity contribution in [1.29, 1.82) is 0 Å². The molecule has 0 saturated heterocycles. The molecule has 4 rings (SSSR count). The van der Waals surface area contributed by atoms with Crippen molar-refractivity contribution in [2.75, 3.05) is 13.1 Å². The molecule has 6 heteroatoms. The van der Waals surface area contributed by atoms with E-state index >= 15 is 0 Å². The molecule has 0 bridgehead atoms. The summed E-state index contributed by atoms with van der Waals surface area (Å²) in [4.78, 5) is 19.0. The fourth-order valence-electron chi connectivity index (χ4n) is 2.69. The van der Waals surface area contributed by atoms with E-state index in [1.807, 2.05) is 36.4 Å². The van der Waals surface area contributed by atoms with Crippen molar-refractivity contribution >= 4 is 49.7 Å². The molecule has 4 nitrogen and oxygen atoms in total. The van der Waals surface area contributed by atoms with E-state index < -0.39 is 0 Å². The van der Waals surface area contributed by atoms with E-state index in [4.69, 9.17) is 4.42 Å². The van der Waals surface area contributed by atoms with Crippen LogP contribution in [0.25, 0.3) is 11.0 Å². The van der Waals surface area contributed by atoms with Crippen LogP contribution in [0.5, 0.6) is 0 Å². The number of carbonyl (C=O) groups is 1. The fourth-order valence-corrected chi connectivity index (χ4v) is 3.95. The molecule has 1 amide bonds. The summed E-state index contributed by atoms with van der Waals surface area (Å²) in [5.74, 6) is 1.01. The molecule has 2 aromatic carbocycles. The summed E-state index contributed by atoms with van der Waals surface area (Å²) in [5.41, 5.74) is 1.92. The Bertz CT molecular complexity index is 916. The SMILES string of the molecule is O=C(c1cc2ccccc2o1)N1CCN=C1SCc1ccc(Br)cc1. The number of nitrogens with zero attached hydrogens (tertiary/aromatic N) is 2. The largest absolute Gasteiger partial charge is 0.451 e. The second kappa shape index (κ2) is 7.06. The monoisotopic (exact) mass is 414 g/mol. The minimum absolute atomic E-state index is 0.129. The molecular weight excluding hydrogens is 400 g/mol. The number of hydrogen-bond donors (Lipinski definition) is 0. The highest BCUT2D eigenvalue weighted by Gasteiger charge is 2.27. The lowest BCUT2D eigenvalue weighted by Gasteiger charge is -2.16. The van der Waals surface area contributed by atoms with Gasteiger partial charge in [-0.15, -0.1) is 0 Å². The normalized spacial score (nSPS) is 14.1. The molecule has 0 aliphatic carbocycles. The average Bonchev–Trinajstić information content (AvgIpc) is 3.27. The Hall–Kier alpha value is -2.05. The van der Waals surface area contributed by atoms with Gasteiger partial charge in [0.1, 0.15) is 5.58 Å². The predicted octanol–water partition coefficient (Wildman–Crippen LogP) is 4.94. The van der Waals surface area contributed by atoms with Crippen LogP contribution in [0.4, 0.5) is 0 Å². The van der Waals surface area contributed by atoms with E-state index in [0.29, 0.717) is 18.8 Å². The predicted molar refractivity (Wildman–Crippen MR) is 105 cm³/mol. The Morgan fingerprint density at radius 2 is 2.00 bits per heavy atom. The number of carbonyl (C=O) groups excluding carboxylic acids is 1. The topological polar surface area (TPSA) is 45.8 Å². The Kier molecular flexibility index (Phi) is 4.63.